The molecule has 0 aliphatic heterocycles. The van der Waals surface area contributed by atoms with Gasteiger partial charge in [-0.15, -0.1) is 0 Å². The van der Waals surface area contributed by atoms with E-state index in [1.54, 1.807) is 0 Å². The van der Waals surface area contributed by atoms with Crippen LogP contribution in [-0.2, 0) is 8.85 Å². The summed E-state index contributed by atoms with van der Waals surface area (Å²) in [6.07, 6.45) is 7.91. The predicted molar refractivity (Wildman–Crippen MR) is 76.8 cm³/mol. The summed E-state index contributed by atoms with van der Waals surface area (Å²) in [5.41, 5.74) is 0. The van der Waals surface area contributed by atoms with Gasteiger partial charge in [-0.05, 0) is 32.1 Å². The second-order valence-corrected chi connectivity index (χ2v) is 6.52. The predicted octanol–water partition coefficient (Wildman–Crippen LogP) is 3.55. The number of rotatable bonds is 12. The Kier molecular flexibility index (Phi) is 14.0. The first kappa shape index (κ1) is 16.5. The summed E-state index contributed by atoms with van der Waals surface area (Å²) >= 11 is 4.21. The molecule has 4 heteroatoms. The zero-order valence-electron chi connectivity index (χ0n) is 10.9. The lowest BCUT2D eigenvalue weighted by atomic mass is 10.1. The summed E-state index contributed by atoms with van der Waals surface area (Å²) in [5.74, 6) is 1.03. The molecule has 2 nitrogen and oxygen atoms in total. The van der Waals surface area contributed by atoms with Gasteiger partial charge >= 0.3 is 9.28 Å². The van der Waals surface area contributed by atoms with Crippen LogP contribution in [0.3, 0.4) is 0 Å². The highest BCUT2D eigenvalue weighted by Crippen LogP contribution is 2.10. The van der Waals surface area contributed by atoms with Gasteiger partial charge in [0.2, 0.25) is 0 Å². The molecule has 0 aromatic heterocycles. The SMILES string of the molecule is CCO[SiH](CCCCCCCCS)OCC. The lowest BCUT2D eigenvalue weighted by molar-refractivity contribution is 0.212. The van der Waals surface area contributed by atoms with Gasteiger partial charge < -0.3 is 8.85 Å². The normalized spacial score (nSPS) is 11.2. The molecule has 0 N–H and O–H groups in total. The third kappa shape index (κ3) is 11.0. The highest BCUT2D eigenvalue weighted by molar-refractivity contribution is 7.80. The van der Waals surface area contributed by atoms with E-state index in [0.717, 1.165) is 19.0 Å². The topological polar surface area (TPSA) is 18.5 Å². The lowest BCUT2D eigenvalue weighted by Gasteiger charge is -2.14. The van der Waals surface area contributed by atoms with Crippen molar-refractivity contribution < 1.29 is 8.85 Å². The number of hydrogen-bond acceptors (Lipinski definition) is 3. The van der Waals surface area contributed by atoms with Gasteiger partial charge in [0.1, 0.15) is 0 Å². The third-order valence-corrected chi connectivity index (χ3v) is 5.16. The molecule has 16 heavy (non-hydrogen) atoms. The molecule has 0 heterocycles. The zero-order valence-corrected chi connectivity index (χ0v) is 13.0. The molecule has 0 radical (unpaired) electrons. The monoisotopic (exact) mass is 264 g/mol. The number of hydrogen-bond donors (Lipinski definition) is 1. The van der Waals surface area contributed by atoms with Crippen LogP contribution < -0.4 is 0 Å². The van der Waals surface area contributed by atoms with Crippen molar-refractivity contribution in [3.05, 3.63) is 0 Å². The maximum absolute atomic E-state index is 5.63. The van der Waals surface area contributed by atoms with E-state index in [2.05, 4.69) is 26.5 Å². The highest BCUT2D eigenvalue weighted by atomic mass is 32.1. The van der Waals surface area contributed by atoms with E-state index in [1.807, 2.05) is 0 Å². The highest BCUT2D eigenvalue weighted by Gasteiger charge is 2.10. The van der Waals surface area contributed by atoms with Crippen molar-refractivity contribution >= 4 is 21.9 Å². The largest absolute Gasteiger partial charge is 0.397 e. The van der Waals surface area contributed by atoms with Crippen molar-refractivity contribution in [3.8, 4) is 0 Å². The molecular formula is C12H28O2SSi. The first-order chi connectivity index (χ1) is 7.85. The minimum absolute atomic E-state index is 0.804. The van der Waals surface area contributed by atoms with E-state index < -0.39 is 9.28 Å². The zero-order chi connectivity index (χ0) is 12.1. The molecule has 0 amide bonds. The second kappa shape index (κ2) is 13.6. The van der Waals surface area contributed by atoms with E-state index in [-0.39, 0.29) is 0 Å². The summed E-state index contributed by atoms with van der Waals surface area (Å²) in [5, 5.41) is 0. The van der Waals surface area contributed by atoms with Crippen molar-refractivity contribution in [1.82, 2.24) is 0 Å². The van der Waals surface area contributed by atoms with E-state index in [1.165, 1.54) is 44.6 Å². The van der Waals surface area contributed by atoms with E-state index in [9.17, 15) is 0 Å². The van der Waals surface area contributed by atoms with Crippen LogP contribution in [0.15, 0.2) is 0 Å². The van der Waals surface area contributed by atoms with Crippen LogP contribution in [-0.4, -0.2) is 28.3 Å². The van der Waals surface area contributed by atoms with Crippen LogP contribution in [0.4, 0.5) is 0 Å². The standard InChI is InChI=1S/C12H28O2SSi/c1-3-13-16(14-4-2)12-10-8-6-5-7-9-11-15/h15-16H,3-12H2,1-2H3. The molecule has 0 aliphatic rings. The fraction of sp³-hybridized carbons (Fsp3) is 1.00. The van der Waals surface area contributed by atoms with Gasteiger partial charge in [0.15, 0.2) is 0 Å². The molecule has 98 valence electrons. The van der Waals surface area contributed by atoms with Gasteiger partial charge in [-0.2, -0.15) is 12.6 Å². The summed E-state index contributed by atoms with van der Waals surface area (Å²) in [6, 6.07) is 1.17. The first-order valence-electron chi connectivity index (χ1n) is 6.69. The van der Waals surface area contributed by atoms with Gasteiger partial charge in [-0.3, -0.25) is 0 Å². The van der Waals surface area contributed by atoms with Crippen LogP contribution in [0.5, 0.6) is 0 Å². The fourth-order valence-electron chi connectivity index (χ4n) is 1.72. The molecule has 0 atom stereocenters. The average Bonchev–Trinajstić information content (AvgIpc) is 2.28. The molecule has 0 spiro atoms. The van der Waals surface area contributed by atoms with Gasteiger partial charge in [-0.25, -0.2) is 0 Å². The lowest BCUT2D eigenvalue weighted by Crippen LogP contribution is -2.22. The Morgan fingerprint density at radius 3 is 1.81 bits per heavy atom. The van der Waals surface area contributed by atoms with E-state index >= 15 is 0 Å². The molecule has 0 unspecified atom stereocenters. The second-order valence-electron chi connectivity index (χ2n) is 3.97. The maximum Gasteiger partial charge on any atom is 0.321 e. The minimum atomic E-state index is -1.31. The van der Waals surface area contributed by atoms with E-state index in [4.69, 9.17) is 8.85 Å². The Morgan fingerprint density at radius 2 is 1.31 bits per heavy atom. The van der Waals surface area contributed by atoms with Crippen LogP contribution in [0.2, 0.25) is 6.04 Å². The fourth-order valence-corrected chi connectivity index (χ4v) is 3.74. The van der Waals surface area contributed by atoms with Crippen molar-refractivity contribution in [2.75, 3.05) is 19.0 Å². The third-order valence-electron chi connectivity index (χ3n) is 2.55. The van der Waals surface area contributed by atoms with Crippen LogP contribution >= 0.6 is 12.6 Å². The first-order valence-corrected chi connectivity index (χ1v) is 9.08. The van der Waals surface area contributed by atoms with Crippen molar-refractivity contribution in [2.45, 2.75) is 58.4 Å². The Bertz CT molecular complexity index is 130. The molecule has 0 fully saturated rings. The van der Waals surface area contributed by atoms with E-state index in [0.29, 0.717) is 0 Å². The smallest absolute Gasteiger partial charge is 0.321 e. The van der Waals surface area contributed by atoms with Crippen molar-refractivity contribution in [3.63, 3.8) is 0 Å². The number of thiol groups is 1. The molecule has 0 aromatic rings. The maximum atomic E-state index is 5.63. The summed E-state index contributed by atoms with van der Waals surface area (Å²) < 4.78 is 11.3. The van der Waals surface area contributed by atoms with Gasteiger partial charge in [0.25, 0.3) is 0 Å². The quantitative estimate of drug-likeness (QED) is 0.330. The molecule has 0 aromatic carbocycles. The van der Waals surface area contributed by atoms with Crippen molar-refractivity contribution in [2.24, 2.45) is 0 Å². The summed E-state index contributed by atoms with van der Waals surface area (Å²) in [7, 11) is -1.31. The molecular weight excluding hydrogens is 236 g/mol. The Morgan fingerprint density at radius 1 is 0.812 bits per heavy atom. The van der Waals surface area contributed by atoms with Crippen LogP contribution in [0.1, 0.15) is 52.4 Å². The van der Waals surface area contributed by atoms with Crippen LogP contribution in [0, 0.1) is 0 Å². The van der Waals surface area contributed by atoms with Crippen LogP contribution in [0.25, 0.3) is 0 Å². The van der Waals surface area contributed by atoms with Crippen molar-refractivity contribution in [1.29, 1.82) is 0 Å². The number of unbranched alkanes of at least 4 members (excludes halogenated alkanes) is 5. The van der Waals surface area contributed by atoms with Gasteiger partial charge in [-0.1, -0.05) is 32.1 Å². The molecule has 0 saturated carbocycles. The molecule has 0 saturated heterocycles. The molecule has 0 aliphatic carbocycles. The Hall–Kier alpha value is 0.487. The summed E-state index contributed by atoms with van der Waals surface area (Å²) in [6.45, 7) is 5.71. The Labute approximate surface area is 108 Å². The Balaban J connectivity index is 3.25. The molecule has 0 bridgehead atoms. The molecule has 0 rings (SSSR count). The van der Waals surface area contributed by atoms with Gasteiger partial charge in [0.05, 0.1) is 0 Å². The minimum Gasteiger partial charge on any atom is -0.397 e. The summed E-state index contributed by atoms with van der Waals surface area (Å²) in [4.78, 5) is 0. The van der Waals surface area contributed by atoms with Gasteiger partial charge in [0, 0.05) is 13.2 Å². The average molecular weight is 265 g/mol.